The third-order valence-electron chi connectivity index (χ3n) is 4.29. The number of para-hydroxylation sites is 1. The van der Waals surface area contributed by atoms with Crippen molar-refractivity contribution in [1.29, 1.82) is 5.26 Å². The minimum Gasteiger partial charge on any atom is -0.340 e. The van der Waals surface area contributed by atoms with Crippen LogP contribution < -0.4 is 10.6 Å². The highest BCUT2D eigenvalue weighted by atomic mass is 16.1. The molecule has 5 nitrogen and oxygen atoms in total. The first-order valence-corrected chi connectivity index (χ1v) is 8.73. The fraction of sp³-hybridized carbons (Fsp3) is 0.136. The topological polar surface area (TPSA) is 77.8 Å². The Hall–Kier alpha value is -3.65. The number of pyridine rings is 1. The summed E-state index contributed by atoms with van der Waals surface area (Å²) in [4.78, 5) is 16.7. The van der Waals surface area contributed by atoms with E-state index >= 15 is 0 Å². The number of rotatable bonds is 5. The molecule has 1 aromatic heterocycles. The highest BCUT2D eigenvalue weighted by Crippen LogP contribution is 2.24. The molecule has 2 aromatic carbocycles. The third kappa shape index (κ3) is 4.31. The molecule has 0 saturated heterocycles. The minimum absolute atomic E-state index is 0.246. The Balaban J connectivity index is 1.71. The average molecular weight is 356 g/mol. The van der Waals surface area contributed by atoms with Crippen LogP contribution >= 0.6 is 0 Å². The van der Waals surface area contributed by atoms with Gasteiger partial charge in [0.25, 0.3) is 5.91 Å². The van der Waals surface area contributed by atoms with Crippen LogP contribution in [-0.4, -0.2) is 10.9 Å². The summed E-state index contributed by atoms with van der Waals surface area (Å²) >= 11 is 0. The van der Waals surface area contributed by atoms with Gasteiger partial charge < -0.3 is 10.6 Å². The summed E-state index contributed by atoms with van der Waals surface area (Å²) in [5.74, 6) is 0.442. The first kappa shape index (κ1) is 18.2. The van der Waals surface area contributed by atoms with Gasteiger partial charge in [-0.05, 0) is 60.9 Å². The number of carbonyl (C=O) groups is 1. The first-order chi connectivity index (χ1) is 13.1. The van der Waals surface area contributed by atoms with Gasteiger partial charge >= 0.3 is 0 Å². The summed E-state index contributed by atoms with van der Waals surface area (Å²) in [5.41, 5.74) is 5.08. The first-order valence-electron chi connectivity index (χ1n) is 8.73. The van der Waals surface area contributed by atoms with E-state index in [1.54, 1.807) is 42.6 Å². The summed E-state index contributed by atoms with van der Waals surface area (Å²) in [6, 6.07) is 18.5. The Labute approximate surface area is 158 Å². The molecule has 1 amide bonds. The van der Waals surface area contributed by atoms with Gasteiger partial charge in [0.05, 0.1) is 17.2 Å². The molecule has 0 spiro atoms. The maximum Gasteiger partial charge on any atom is 0.257 e. The van der Waals surface area contributed by atoms with Crippen LogP contribution in [-0.2, 0) is 6.42 Å². The Bertz CT molecular complexity index is 986. The molecule has 0 radical (unpaired) electrons. The van der Waals surface area contributed by atoms with Crippen molar-refractivity contribution in [2.45, 2.75) is 20.3 Å². The molecule has 1 heterocycles. The zero-order valence-electron chi connectivity index (χ0n) is 15.3. The number of hydrogen-bond donors (Lipinski definition) is 2. The number of aryl methyl sites for hydroxylation is 2. The monoisotopic (exact) mass is 356 g/mol. The van der Waals surface area contributed by atoms with Gasteiger partial charge in [-0.15, -0.1) is 0 Å². The van der Waals surface area contributed by atoms with Crippen LogP contribution in [0.2, 0.25) is 0 Å². The van der Waals surface area contributed by atoms with Crippen molar-refractivity contribution in [1.82, 2.24) is 4.98 Å². The van der Waals surface area contributed by atoms with E-state index in [1.165, 1.54) is 5.56 Å². The summed E-state index contributed by atoms with van der Waals surface area (Å²) in [7, 11) is 0. The van der Waals surface area contributed by atoms with Crippen LogP contribution in [0.1, 0.15) is 34.0 Å². The van der Waals surface area contributed by atoms with Gasteiger partial charge in [-0.25, -0.2) is 4.98 Å². The zero-order chi connectivity index (χ0) is 19.2. The maximum atomic E-state index is 12.4. The standard InChI is InChI=1S/C22H20N4O/c1-3-17-6-4-5-15(2)21(17)26-20-12-9-18(14-24-20)22(27)25-19-10-7-16(13-23)8-11-19/h4-12,14H,3H2,1-2H3,(H,24,26)(H,25,27). The number of carbonyl (C=O) groups excluding carboxylic acids is 1. The van der Waals surface area contributed by atoms with Gasteiger partial charge in [0.2, 0.25) is 0 Å². The number of benzene rings is 2. The van der Waals surface area contributed by atoms with E-state index in [0.29, 0.717) is 22.6 Å². The Kier molecular flexibility index (Phi) is 5.48. The molecule has 0 aliphatic carbocycles. The lowest BCUT2D eigenvalue weighted by Gasteiger charge is -2.13. The molecule has 0 bridgehead atoms. The Morgan fingerprint density at radius 3 is 2.52 bits per heavy atom. The van der Waals surface area contributed by atoms with Crippen molar-refractivity contribution in [3.05, 3.63) is 83.0 Å². The lowest BCUT2D eigenvalue weighted by Crippen LogP contribution is -2.12. The normalized spacial score (nSPS) is 10.1. The summed E-state index contributed by atoms with van der Waals surface area (Å²) in [5, 5.41) is 15.0. The second-order valence-electron chi connectivity index (χ2n) is 6.16. The number of nitriles is 1. The van der Waals surface area contributed by atoms with E-state index in [0.717, 1.165) is 17.7 Å². The Morgan fingerprint density at radius 1 is 1.11 bits per heavy atom. The van der Waals surface area contributed by atoms with Gasteiger partial charge in [-0.2, -0.15) is 5.26 Å². The molecule has 134 valence electrons. The van der Waals surface area contributed by atoms with Gasteiger partial charge in [0, 0.05) is 17.6 Å². The predicted molar refractivity (Wildman–Crippen MR) is 107 cm³/mol. The number of nitrogens with one attached hydrogen (secondary N) is 2. The minimum atomic E-state index is -0.246. The van der Waals surface area contributed by atoms with Gasteiger partial charge in [-0.3, -0.25) is 4.79 Å². The molecule has 2 N–H and O–H groups in total. The summed E-state index contributed by atoms with van der Waals surface area (Å²) < 4.78 is 0. The second-order valence-corrected chi connectivity index (χ2v) is 6.16. The van der Waals surface area contributed by atoms with E-state index in [2.05, 4.69) is 41.6 Å². The SMILES string of the molecule is CCc1cccc(C)c1Nc1ccc(C(=O)Nc2ccc(C#N)cc2)cn1. The van der Waals surface area contributed by atoms with E-state index in [1.807, 2.05) is 12.1 Å². The number of nitrogens with zero attached hydrogens (tertiary/aromatic N) is 2. The van der Waals surface area contributed by atoms with Crippen molar-refractivity contribution in [2.75, 3.05) is 10.6 Å². The van der Waals surface area contributed by atoms with E-state index < -0.39 is 0 Å². The smallest absolute Gasteiger partial charge is 0.257 e. The predicted octanol–water partition coefficient (Wildman–Crippen LogP) is 4.82. The van der Waals surface area contributed by atoms with Crippen LogP contribution in [0.4, 0.5) is 17.2 Å². The number of aromatic nitrogens is 1. The molecule has 0 saturated carbocycles. The molecule has 0 atom stereocenters. The van der Waals surface area contributed by atoms with E-state index in [9.17, 15) is 4.79 Å². The molecule has 5 heteroatoms. The number of anilines is 3. The molecule has 27 heavy (non-hydrogen) atoms. The lowest BCUT2D eigenvalue weighted by molar-refractivity contribution is 0.102. The fourth-order valence-corrected chi connectivity index (χ4v) is 2.76. The van der Waals surface area contributed by atoms with Crippen LogP contribution in [0.5, 0.6) is 0 Å². The lowest BCUT2D eigenvalue weighted by atomic mass is 10.1. The van der Waals surface area contributed by atoms with E-state index in [-0.39, 0.29) is 5.91 Å². The fourth-order valence-electron chi connectivity index (χ4n) is 2.76. The van der Waals surface area contributed by atoms with Gasteiger partial charge in [-0.1, -0.05) is 25.1 Å². The third-order valence-corrected chi connectivity index (χ3v) is 4.29. The van der Waals surface area contributed by atoms with Crippen molar-refractivity contribution in [3.63, 3.8) is 0 Å². The van der Waals surface area contributed by atoms with Crippen molar-refractivity contribution in [2.24, 2.45) is 0 Å². The molecule has 0 unspecified atom stereocenters. The molecular formula is C22H20N4O. The number of hydrogen-bond acceptors (Lipinski definition) is 4. The zero-order valence-corrected chi connectivity index (χ0v) is 15.3. The van der Waals surface area contributed by atoms with Crippen LogP contribution in [0.15, 0.2) is 60.8 Å². The van der Waals surface area contributed by atoms with Crippen molar-refractivity contribution < 1.29 is 4.79 Å². The summed E-state index contributed by atoms with van der Waals surface area (Å²) in [6.07, 6.45) is 2.47. The molecule has 0 fully saturated rings. The van der Waals surface area contributed by atoms with Crippen LogP contribution in [0, 0.1) is 18.3 Å². The van der Waals surface area contributed by atoms with Crippen molar-refractivity contribution >= 4 is 23.1 Å². The molecule has 3 aromatic rings. The molecular weight excluding hydrogens is 336 g/mol. The van der Waals surface area contributed by atoms with Crippen molar-refractivity contribution in [3.8, 4) is 6.07 Å². The van der Waals surface area contributed by atoms with Gasteiger partial charge in [0.15, 0.2) is 0 Å². The second kappa shape index (κ2) is 8.15. The molecule has 0 aliphatic heterocycles. The maximum absolute atomic E-state index is 12.4. The average Bonchev–Trinajstić information content (AvgIpc) is 2.70. The van der Waals surface area contributed by atoms with E-state index in [4.69, 9.17) is 5.26 Å². The molecule has 3 rings (SSSR count). The quantitative estimate of drug-likeness (QED) is 0.687. The largest absolute Gasteiger partial charge is 0.340 e. The highest BCUT2D eigenvalue weighted by Gasteiger charge is 2.09. The summed E-state index contributed by atoms with van der Waals surface area (Å²) in [6.45, 7) is 4.17. The van der Waals surface area contributed by atoms with Gasteiger partial charge in [0.1, 0.15) is 5.82 Å². The van der Waals surface area contributed by atoms with Crippen LogP contribution in [0.3, 0.4) is 0 Å². The van der Waals surface area contributed by atoms with Crippen LogP contribution in [0.25, 0.3) is 0 Å². The highest BCUT2D eigenvalue weighted by molar-refractivity contribution is 6.04. The Morgan fingerprint density at radius 2 is 1.89 bits per heavy atom. The number of amides is 1. The molecule has 0 aliphatic rings.